The molecule has 1 rings (SSSR count). The van der Waals surface area contributed by atoms with Crippen LogP contribution >= 0.6 is 0 Å². The van der Waals surface area contributed by atoms with Crippen LogP contribution in [0.4, 0.5) is 0 Å². The molecule has 0 saturated heterocycles. The molecule has 0 spiro atoms. The summed E-state index contributed by atoms with van der Waals surface area (Å²) in [5.74, 6) is 0. The number of nitrogens with zero attached hydrogens (tertiary/aromatic N) is 1. The highest BCUT2D eigenvalue weighted by Gasteiger charge is 2.29. The van der Waals surface area contributed by atoms with E-state index < -0.39 is 0 Å². The Labute approximate surface area is 74.0 Å². The third kappa shape index (κ3) is 3.52. The fourth-order valence-electron chi connectivity index (χ4n) is 1.49. The average Bonchev–Trinajstić information content (AvgIpc) is 2.63. The Kier molecular flexibility index (Phi) is 3.50. The minimum Gasteiger partial charge on any atom is -0.392 e. The minimum absolute atomic E-state index is 0.288. The predicted octanol–water partition coefficient (Wildman–Crippen LogP) is 0.212. The van der Waals surface area contributed by atoms with Crippen LogP contribution in [0, 0.1) is 0 Å². The first kappa shape index (κ1) is 9.96. The van der Waals surface area contributed by atoms with E-state index in [2.05, 4.69) is 4.90 Å². The van der Waals surface area contributed by atoms with Gasteiger partial charge >= 0.3 is 0 Å². The molecule has 0 heterocycles. The van der Waals surface area contributed by atoms with Gasteiger partial charge in [-0.3, -0.25) is 4.90 Å². The molecule has 1 saturated carbocycles. The van der Waals surface area contributed by atoms with Gasteiger partial charge in [0.2, 0.25) is 0 Å². The Hall–Kier alpha value is -0.120. The number of aliphatic hydroxyl groups is 2. The van der Waals surface area contributed by atoms with Crippen molar-refractivity contribution in [2.45, 2.75) is 44.9 Å². The van der Waals surface area contributed by atoms with Gasteiger partial charge < -0.3 is 10.2 Å². The largest absolute Gasteiger partial charge is 0.392 e. The van der Waals surface area contributed by atoms with Gasteiger partial charge in [0.05, 0.1) is 12.2 Å². The fourth-order valence-corrected chi connectivity index (χ4v) is 1.49. The summed E-state index contributed by atoms with van der Waals surface area (Å²) in [6, 6.07) is 0.620. The number of hydrogen-bond acceptors (Lipinski definition) is 3. The lowest BCUT2D eigenvalue weighted by Gasteiger charge is -2.24. The van der Waals surface area contributed by atoms with Crippen LogP contribution in [0.1, 0.15) is 26.7 Å². The van der Waals surface area contributed by atoms with E-state index in [4.69, 9.17) is 0 Å². The highest BCUT2D eigenvalue weighted by atomic mass is 16.3. The Bertz CT molecular complexity index is 122. The molecule has 3 heteroatoms. The summed E-state index contributed by atoms with van der Waals surface area (Å²) >= 11 is 0. The zero-order valence-electron chi connectivity index (χ0n) is 7.90. The van der Waals surface area contributed by atoms with Crippen LogP contribution in [-0.2, 0) is 0 Å². The molecule has 1 fully saturated rings. The Morgan fingerprint density at radius 1 is 1.17 bits per heavy atom. The van der Waals surface area contributed by atoms with Crippen LogP contribution in [0.15, 0.2) is 0 Å². The Morgan fingerprint density at radius 2 is 1.58 bits per heavy atom. The van der Waals surface area contributed by atoms with E-state index in [1.54, 1.807) is 13.8 Å². The average molecular weight is 173 g/mol. The number of hydrogen-bond donors (Lipinski definition) is 2. The fraction of sp³-hybridized carbons (Fsp3) is 1.00. The van der Waals surface area contributed by atoms with Gasteiger partial charge in [-0.15, -0.1) is 0 Å². The maximum Gasteiger partial charge on any atom is 0.0639 e. The van der Waals surface area contributed by atoms with Crippen LogP contribution in [0.5, 0.6) is 0 Å². The van der Waals surface area contributed by atoms with Crippen LogP contribution < -0.4 is 0 Å². The lowest BCUT2D eigenvalue weighted by Crippen LogP contribution is -2.37. The van der Waals surface area contributed by atoms with Crippen molar-refractivity contribution in [2.75, 3.05) is 13.1 Å². The van der Waals surface area contributed by atoms with Crippen LogP contribution in [0.3, 0.4) is 0 Å². The van der Waals surface area contributed by atoms with Crippen molar-refractivity contribution in [1.82, 2.24) is 4.90 Å². The summed E-state index contributed by atoms with van der Waals surface area (Å²) in [7, 11) is 0. The summed E-state index contributed by atoms with van der Waals surface area (Å²) in [6.45, 7) is 4.96. The van der Waals surface area contributed by atoms with E-state index >= 15 is 0 Å². The molecule has 72 valence electrons. The highest BCUT2D eigenvalue weighted by molar-refractivity contribution is 4.85. The molecule has 3 nitrogen and oxygen atoms in total. The van der Waals surface area contributed by atoms with Gasteiger partial charge in [-0.2, -0.15) is 0 Å². The summed E-state index contributed by atoms with van der Waals surface area (Å²) < 4.78 is 0. The van der Waals surface area contributed by atoms with Crippen molar-refractivity contribution >= 4 is 0 Å². The molecule has 12 heavy (non-hydrogen) atoms. The number of rotatable bonds is 5. The first-order valence-corrected chi connectivity index (χ1v) is 4.69. The smallest absolute Gasteiger partial charge is 0.0639 e. The van der Waals surface area contributed by atoms with Crippen molar-refractivity contribution in [3.05, 3.63) is 0 Å². The van der Waals surface area contributed by atoms with Crippen LogP contribution in [-0.4, -0.2) is 46.5 Å². The van der Waals surface area contributed by atoms with Crippen molar-refractivity contribution in [1.29, 1.82) is 0 Å². The lowest BCUT2D eigenvalue weighted by atomic mass is 10.3. The zero-order valence-corrected chi connectivity index (χ0v) is 7.90. The standard InChI is InChI=1S/C9H19NO2/c1-7(11)5-10(6-8(2)12)9-3-4-9/h7-9,11-12H,3-6H2,1-2H3/t7-,8-/m1/s1. The molecule has 2 atom stereocenters. The molecule has 0 bridgehead atoms. The molecule has 0 aromatic rings. The first-order chi connectivity index (χ1) is 5.59. The molecule has 2 N–H and O–H groups in total. The molecule has 0 unspecified atom stereocenters. The van der Waals surface area contributed by atoms with Gasteiger partial charge in [0, 0.05) is 19.1 Å². The van der Waals surface area contributed by atoms with Crippen molar-refractivity contribution < 1.29 is 10.2 Å². The molecule has 0 radical (unpaired) electrons. The third-order valence-corrected chi connectivity index (χ3v) is 2.06. The topological polar surface area (TPSA) is 43.7 Å². The molecule has 0 aromatic carbocycles. The first-order valence-electron chi connectivity index (χ1n) is 4.69. The van der Waals surface area contributed by atoms with E-state index in [9.17, 15) is 10.2 Å². The predicted molar refractivity (Wildman–Crippen MR) is 48.0 cm³/mol. The maximum atomic E-state index is 9.19. The van der Waals surface area contributed by atoms with E-state index in [-0.39, 0.29) is 12.2 Å². The van der Waals surface area contributed by atoms with Gasteiger partial charge in [0.1, 0.15) is 0 Å². The highest BCUT2D eigenvalue weighted by Crippen LogP contribution is 2.26. The summed E-state index contributed by atoms with van der Waals surface area (Å²) in [4.78, 5) is 2.18. The maximum absolute atomic E-state index is 9.19. The minimum atomic E-state index is -0.288. The second-order valence-electron chi connectivity index (χ2n) is 3.88. The van der Waals surface area contributed by atoms with Crippen molar-refractivity contribution in [2.24, 2.45) is 0 Å². The van der Waals surface area contributed by atoms with E-state index in [1.807, 2.05) is 0 Å². The van der Waals surface area contributed by atoms with Crippen molar-refractivity contribution in [3.8, 4) is 0 Å². The molecule has 0 aromatic heterocycles. The summed E-state index contributed by atoms with van der Waals surface area (Å²) in [5, 5.41) is 18.4. The van der Waals surface area contributed by atoms with Crippen molar-refractivity contribution in [3.63, 3.8) is 0 Å². The normalized spacial score (nSPS) is 22.8. The molecule has 0 amide bonds. The van der Waals surface area contributed by atoms with Gasteiger partial charge in [0.15, 0.2) is 0 Å². The summed E-state index contributed by atoms with van der Waals surface area (Å²) in [6.07, 6.45) is 1.87. The quantitative estimate of drug-likeness (QED) is 0.624. The lowest BCUT2D eigenvalue weighted by molar-refractivity contribution is 0.0790. The third-order valence-electron chi connectivity index (χ3n) is 2.06. The Balaban J connectivity index is 2.27. The second-order valence-corrected chi connectivity index (χ2v) is 3.88. The second kappa shape index (κ2) is 4.21. The molecule has 1 aliphatic rings. The van der Waals surface area contributed by atoms with Gasteiger partial charge in [-0.05, 0) is 26.7 Å². The van der Waals surface area contributed by atoms with E-state index in [0.717, 1.165) is 0 Å². The van der Waals surface area contributed by atoms with Crippen LogP contribution in [0.2, 0.25) is 0 Å². The molecular formula is C9H19NO2. The van der Waals surface area contributed by atoms with E-state index in [0.29, 0.717) is 19.1 Å². The van der Waals surface area contributed by atoms with Crippen LogP contribution in [0.25, 0.3) is 0 Å². The van der Waals surface area contributed by atoms with E-state index in [1.165, 1.54) is 12.8 Å². The van der Waals surface area contributed by atoms with Gasteiger partial charge in [-0.25, -0.2) is 0 Å². The van der Waals surface area contributed by atoms with Gasteiger partial charge in [0.25, 0.3) is 0 Å². The van der Waals surface area contributed by atoms with Gasteiger partial charge in [-0.1, -0.05) is 0 Å². The zero-order chi connectivity index (χ0) is 9.14. The molecular weight excluding hydrogens is 154 g/mol. The number of aliphatic hydroxyl groups excluding tert-OH is 2. The summed E-state index contributed by atoms with van der Waals surface area (Å²) in [5.41, 5.74) is 0. The Morgan fingerprint density at radius 3 is 1.83 bits per heavy atom. The SMILES string of the molecule is C[C@@H](O)CN(C[C@@H](C)O)C1CC1. The molecule has 0 aliphatic heterocycles. The molecule has 1 aliphatic carbocycles. The monoisotopic (exact) mass is 173 g/mol.